The maximum atomic E-state index is 10.5. The van der Waals surface area contributed by atoms with Gasteiger partial charge >= 0.3 is 0 Å². The molecule has 12 heavy (non-hydrogen) atoms. The smallest absolute Gasteiger partial charge is 0.153 e. The molecule has 0 aromatic heterocycles. The number of nitrogens with one attached hydrogen (secondary N) is 1. The molecule has 64 valence electrons. The van der Waals surface area contributed by atoms with Gasteiger partial charge in [0.1, 0.15) is 0 Å². The third kappa shape index (κ3) is 1.56. The molecule has 1 rings (SSSR count). The van der Waals surface area contributed by atoms with E-state index in [1.165, 1.54) is 7.11 Å². The highest BCUT2D eigenvalue weighted by atomic mass is 31.0. The number of carbonyl (C=O) groups is 1. The summed E-state index contributed by atoms with van der Waals surface area (Å²) in [5, 5.41) is 2.85. The number of hydrogen-bond acceptors (Lipinski definition) is 3. The van der Waals surface area contributed by atoms with Crippen molar-refractivity contribution in [1.82, 2.24) is 0 Å². The molecule has 0 aliphatic carbocycles. The number of anilines is 1. The first-order valence-corrected chi connectivity index (χ1v) is 4.00. The van der Waals surface area contributed by atoms with E-state index < -0.39 is 0 Å². The molecule has 0 spiro atoms. The molecule has 0 fully saturated rings. The van der Waals surface area contributed by atoms with E-state index in [1.807, 2.05) is 6.07 Å². The average molecular weight is 183 g/mol. The molecule has 0 heterocycles. The second-order valence-corrected chi connectivity index (χ2v) is 2.48. The predicted octanol–water partition coefficient (Wildman–Crippen LogP) is 1.71. The van der Waals surface area contributed by atoms with Gasteiger partial charge in [-0.05, 0) is 21.5 Å². The molecule has 1 N–H and O–H groups in total. The molecule has 0 aliphatic rings. The molecular formula is C8H10NO2P. The fraction of sp³-hybridized carbons (Fsp3) is 0.125. The first-order valence-electron chi connectivity index (χ1n) is 3.42. The second-order valence-electron chi connectivity index (χ2n) is 2.19. The Kier molecular flexibility index (Phi) is 3.06. The molecule has 0 saturated carbocycles. The molecule has 0 bridgehead atoms. The Morgan fingerprint density at radius 3 is 2.83 bits per heavy atom. The van der Waals surface area contributed by atoms with Gasteiger partial charge in [0.2, 0.25) is 0 Å². The van der Waals surface area contributed by atoms with Gasteiger partial charge in [0.25, 0.3) is 0 Å². The zero-order chi connectivity index (χ0) is 8.97. The van der Waals surface area contributed by atoms with Crippen LogP contribution in [0.25, 0.3) is 0 Å². The summed E-state index contributed by atoms with van der Waals surface area (Å²) >= 11 is 0. The number of benzene rings is 1. The normalized spacial score (nSPS) is 9.17. The number of para-hydroxylation sites is 1. The summed E-state index contributed by atoms with van der Waals surface area (Å²) in [4.78, 5) is 10.5. The topological polar surface area (TPSA) is 38.3 Å². The third-order valence-electron chi connectivity index (χ3n) is 1.53. The lowest BCUT2D eigenvalue weighted by molar-refractivity contribution is 0.112. The molecule has 3 nitrogen and oxygen atoms in total. The summed E-state index contributed by atoms with van der Waals surface area (Å²) in [6, 6.07) is 5.33. The fourth-order valence-corrected chi connectivity index (χ4v) is 1.22. The van der Waals surface area contributed by atoms with E-state index in [9.17, 15) is 4.79 Å². The Balaban J connectivity index is 3.21. The summed E-state index contributed by atoms with van der Waals surface area (Å²) in [5.41, 5.74) is 1.33. The molecule has 0 saturated heterocycles. The average Bonchev–Trinajstić information content (AvgIpc) is 2.16. The molecule has 0 amide bonds. The number of ether oxygens (including phenoxy) is 1. The van der Waals surface area contributed by atoms with Crippen molar-refractivity contribution in [2.45, 2.75) is 0 Å². The van der Waals surface area contributed by atoms with E-state index in [0.29, 0.717) is 11.3 Å². The minimum Gasteiger partial charge on any atom is -0.494 e. The van der Waals surface area contributed by atoms with Gasteiger partial charge in [0.15, 0.2) is 12.0 Å². The quantitative estimate of drug-likeness (QED) is 0.572. The van der Waals surface area contributed by atoms with E-state index in [2.05, 4.69) is 14.5 Å². The van der Waals surface area contributed by atoms with Crippen LogP contribution in [-0.4, -0.2) is 13.4 Å². The van der Waals surface area contributed by atoms with Crippen LogP contribution in [0.1, 0.15) is 10.4 Å². The molecule has 0 aliphatic heterocycles. The minimum absolute atomic E-state index is 0.546. The van der Waals surface area contributed by atoms with Crippen molar-refractivity contribution >= 4 is 21.4 Å². The van der Waals surface area contributed by atoms with Gasteiger partial charge in [-0.15, -0.1) is 0 Å². The van der Waals surface area contributed by atoms with Crippen molar-refractivity contribution in [1.29, 1.82) is 0 Å². The van der Waals surface area contributed by atoms with Gasteiger partial charge < -0.3 is 9.82 Å². The van der Waals surface area contributed by atoms with Crippen LogP contribution in [0.4, 0.5) is 5.69 Å². The molecule has 1 atom stereocenters. The first-order chi connectivity index (χ1) is 5.83. The van der Waals surface area contributed by atoms with Crippen molar-refractivity contribution in [3.63, 3.8) is 0 Å². The van der Waals surface area contributed by atoms with Gasteiger partial charge in [-0.25, -0.2) is 0 Å². The Labute approximate surface area is 73.4 Å². The van der Waals surface area contributed by atoms with Crippen LogP contribution in [0, 0.1) is 0 Å². The zero-order valence-electron chi connectivity index (χ0n) is 6.70. The lowest BCUT2D eigenvalue weighted by atomic mass is 10.2. The monoisotopic (exact) mass is 183 g/mol. The maximum Gasteiger partial charge on any atom is 0.153 e. The Morgan fingerprint density at radius 1 is 1.58 bits per heavy atom. The van der Waals surface area contributed by atoms with Crippen LogP contribution >= 0.6 is 9.39 Å². The SMILES string of the molecule is COc1c(C=O)cccc1NP. The van der Waals surface area contributed by atoms with Crippen LogP contribution in [0.5, 0.6) is 5.75 Å². The molecule has 1 aromatic rings. The third-order valence-corrected chi connectivity index (χ3v) is 1.84. The Hall–Kier alpha value is -1.08. The number of methoxy groups -OCH3 is 1. The van der Waals surface area contributed by atoms with Crippen molar-refractivity contribution in [3.8, 4) is 5.75 Å². The fourth-order valence-electron chi connectivity index (χ4n) is 0.989. The highest BCUT2D eigenvalue weighted by Crippen LogP contribution is 2.28. The summed E-state index contributed by atoms with van der Waals surface area (Å²) < 4.78 is 5.05. The first kappa shape index (κ1) is 9.01. The number of aldehydes is 1. The summed E-state index contributed by atoms with van der Waals surface area (Å²) in [5.74, 6) is 0.572. The molecule has 1 unspecified atom stereocenters. The van der Waals surface area contributed by atoms with E-state index in [1.54, 1.807) is 12.1 Å². The van der Waals surface area contributed by atoms with Gasteiger partial charge in [-0.2, -0.15) is 0 Å². The zero-order valence-corrected chi connectivity index (χ0v) is 7.86. The lowest BCUT2D eigenvalue weighted by Crippen LogP contribution is -1.93. The molecule has 4 heteroatoms. The summed E-state index contributed by atoms with van der Waals surface area (Å²) in [6.45, 7) is 0. The Morgan fingerprint density at radius 2 is 2.33 bits per heavy atom. The Bertz CT molecular complexity index is 288. The van der Waals surface area contributed by atoms with Gasteiger partial charge in [-0.1, -0.05) is 6.07 Å². The van der Waals surface area contributed by atoms with Crippen LogP contribution in [0.15, 0.2) is 18.2 Å². The largest absolute Gasteiger partial charge is 0.494 e. The van der Waals surface area contributed by atoms with E-state index in [0.717, 1.165) is 12.0 Å². The lowest BCUT2D eigenvalue weighted by Gasteiger charge is -2.08. The second kappa shape index (κ2) is 4.07. The van der Waals surface area contributed by atoms with Crippen LogP contribution in [0.2, 0.25) is 0 Å². The summed E-state index contributed by atoms with van der Waals surface area (Å²) in [7, 11) is 3.89. The van der Waals surface area contributed by atoms with Crippen LogP contribution in [0.3, 0.4) is 0 Å². The number of carbonyl (C=O) groups excluding carboxylic acids is 1. The highest BCUT2D eigenvalue weighted by Gasteiger charge is 2.05. The summed E-state index contributed by atoms with van der Waals surface area (Å²) in [6.07, 6.45) is 0.768. The van der Waals surface area contributed by atoms with E-state index in [4.69, 9.17) is 4.74 Å². The van der Waals surface area contributed by atoms with Gasteiger partial charge in [-0.3, -0.25) is 4.79 Å². The molecule has 0 radical (unpaired) electrons. The van der Waals surface area contributed by atoms with Crippen molar-refractivity contribution in [2.24, 2.45) is 0 Å². The van der Waals surface area contributed by atoms with Gasteiger partial charge in [0.05, 0.1) is 18.4 Å². The van der Waals surface area contributed by atoms with Crippen LogP contribution < -0.4 is 9.82 Å². The van der Waals surface area contributed by atoms with Gasteiger partial charge in [0, 0.05) is 0 Å². The predicted molar refractivity (Wildman–Crippen MR) is 51.7 cm³/mol. The van der Waals surface area contributed by atoms with Crippen molar-refractivity contribution in [3.05, 3.63) is 23.8 Å². The van der Waals surface area contributed by atoms with Crippen LogP contribution in [-0.2, 0) is 0 Å². The molecular weight excluding hydrogens is 173 g/mol. The van der Waals surface area contributed by atoms with E-state index in [-0.39, 0.29) is 0 Å². The minimum atomic E-state index is 0.546. The number of hydrogen-bond donors (Lipinski definition) is 1. The van der Waals surface area contributed by atoms with Crippen molar-refractivity contribution < 1.29 is 9.53 Å². The maximum absolute atomic E-state index is 10.5. The molecule has 1 aromatic carbocycles. The highest BCUT2D eigenvalue weighted by molar-refractivity contribution is 7.18. The standard InChI is InChI=1S/C8H10NO2P/c1-11-8-6(5-10)3-2-4-7(8)9-12/h2-5,9H,12H2,1H3. The van der Waals surface area contributed by atoms with E-state index >= 15 is 0 Å². The van der Waals surface area contributed by atoms with Crippen molar-refractivity contribution in [2.75, 3.05) is 12.2 Å². The number of rotatable bonds is 3.